The van der Waals surface area contributed by atoms with Gasteiger partial charge in [0, 0.05) is 6.42 Å². The van der Waals surface area contributed by atoms with Gasteiger partial charge >= 0.3 is 0 Å². The third kappa shape index (κ3) is 2.28. The van der Waals surface area contributed by atoms with E-state index in [1.54, 1.807) is 12.1 Å². The van der Waals surface area contributed by atoms with Crippen molar-refractivity contribution in [3.05, 3.63) is 77.1 Å². The fourth-order valence-electron chi connectivity index (χ4n) is 5.80. The summed E-state index contributed by atoms with van der Waals surface area (Å²) < 4.78 is 5.88. The van der Waals surface area contributed by atoms with Gasteiger partial charge in [0.15, 0.2) is 5.76 Å². The van der Waals surface area contributed by atoms with E-state index in [4.69, 9.17) is 4.74 Å². The molecule has 0 spiro atoms. The van der Waals surface area contributed by atoms with Gasteiger partial charge in [0.2, 0.25) is 5.78 Å². The van der Waals surface area contributed by atoms with Crippen LogP contribution in [0.1, 0.15) is 54.6 Å². The Morgan fingerprint density at radius 2 is 1.75 bits per heavy atom. The molecule has 0 N–H and O–H groups in total. The molecule has 2 aromatic carbocycles. The van der Waals surface area contributed by atoms with Crippen LogP contribution in [0.5, 0.6) is 5.75 Å². The third-order valence-electron chi connectivity index (χ3n) is 7.31. The smallest absolute Gasteiger partial charge is 0.231 e. The summed E-state index contributed by atoms with van der Waals surface area (Å²) in [5.41, 5.74) is 2.57. The van der Waals surface area contributed by atoms with Gasteiger partial charge in [-0.2, -0.15) is 0 Å². The highest BCUT2D eigenvalue weighted by Crippen LogP contribution is 2.57. The molecule has 0 unspecified atom stereocenters. The average molecular weight is 372 g/mol. The molecule has 1 saturated carbocycles. The molecule has 0 aromatic heterocycles. The first kappa shape index (κ1) is 17.4. The maximum absolute atomic E-state index is 13.2. The zero-order valence-corrected chi connectivity index (χ0v) is 16.3. The summed E-state index contributed by atoms with van der Waals surface area (Å²) >= 11 is 0. The Hall–Kier alpha value is -2.68. The molecular formula is C25H24O3. The van der Waals surface area contributed by atoms with Crippen molar-refractivity contribution in [1.82, 2.24) is 0 Å². The third-order valence-corrected chi connectivity index (χ3v) is 7.31. The first-order valence-corrected chi connectivity index (χ1v) is 10.1. The van der Waals surface area contributed by atoms with Crippen molar-refractivity contribution in [3.63, 3.8) is 0 Å². The number of rotatable bonds is 1. The SMILES string of the molecule is C[C@]1(/C=C2\Oc3ccccc3C2=O)C(=O)CC[C@]2(C)c3ccccc3CC[C@@H]12. The van der Waals surface area contributed by atoms with Crippen LogP contribution in [-0.4, -0.2) is 11.6 Å². The van der Waals surface area contributed by atoms with Gasteiger partial charge in [0.1, 0.15) is 11.5 Å². The van der Waals surface area contributed by atoms with E-state index in [0.717, 1.165) is 19.3 Å². The Morgan fingerprint density at radius 1 is 1.00 bits per heavy atom. The number of benzene rings is 2. The largest absolute Gasteiger partial charge is 0.453 e. The lowest BCUT2D eigenvalue weighted by Crippen LogP contribution is -2.52. The molecule has 1 fully saturated rings. The summed E-state index contributed by atoms with van der Waals surface area (Å²) in [4.78, 5) is 26.0. The first-order valence-electron chi connectivity index (χ1n) is 10.1. The molecule has 1 aliphatic heterocycles. The number of hydrogen-bond donors (Lipinski definition) is 0. The average Bonchev–Trinajstić information content (AvgIpc) is 3.01. The van der Waals surface area contributed by atoms with E-state index in [1.807, 2.05) is 25.1 Å². The number of hydrogen-bond acceptors (Lipinski definition) is 3. The first-order chi connectivity index (χ1) is 13.4. The highest BCUT2D eigenvalue weighted by atomic mass is 16.5. The summed E-state index contributed by atoms with van der Waals surface area (Å²) in [6.07, 6.45) is 5.15. The standard InChI is InChI=1S/C25H24O3/c1-24-14-13-22(26)25(2,21(24)12-11-16-7-3-5-9-18(16)24)15-20-23(27)17-8-4-6-10-19(17)28-20/h3-10,15,21H,11-14H2,1-2H3/b20-15-/t21-,24-,25-/m1/s1. The second-order valence-corrected chi connectivity index (χ2v) is 8.81. The van der Waals surface area contributed by atoms with Gasteiger partial charge < -0.3 is 4.74 Å². The number of fused-ring (bicyclic) bond motifs is 4. The van der Waals surface area contributed by atoms with Gasteiger partial charge in [0.25, 0.3) is 0 Å². The number of carbonyl (C=O) groups excluding carboxylic acids is 2. The van der Waals surface area contributed by atoms with Crippen LogP contribution in [-0.2, 0) is 16.6 Å². The highest BCUT2D eigenvalue weighted by Gasteiger charge is 2.55. The number of aryl methyl sites for hydroxylation is 1. The number of allylic oxidation sites excluding steroid dienone is 2. The van der Waals surface area contributed by atoms with Crippen LogP contribution in [0.3, 0.4) is 0 Å². The van der Waals surface area contributed by atoms with Crippen LogP contribution in [0.4, 0.5) is 0 Å². The number of carbonyl (C=O) groups is 2. The molecular weight excluding hydrogens is 348 g/mol. The van der Waals surface area contributed by atoms with Crippen molar-refractivity contribution < 1.29 is 14.3 Å². The maximum atomic E-state index is 13.2. The second kappa shape index (κ2) is 5.91. The van der Waals surface area contributed by atoms with Gasteiger partial charge in [-0.15, -0.1) is 0 Å². The molecule has 5 rings (SSSR count). The monoisotopic (exact) mass is 372 g/mol. The van der Waals surface area contributed by atoms with Crippen LogP contribution in [0.15, 0.2) is 60.4 Å². The van der Waals surface area contributed by atoms with E-state index >= 15 is 0 Å². The van der Waals surface area contributed by atoms with Crippen molar-refractivity contribution >= 4 is 11.6 Å². The molecule has 0 saturated heterocycles. The predicted octanol–water partition coefficient (Wildman–Crippen LogP) is 5.04. The molecule has 3 aliphatic rings. The molecule has 3 nitrogen and oxygen atoms in total. The van der Waals surface area contributed by atoms with E-state index in [9.17, 15) is 9.59 Å². The van der Waals surface area contributed by atoms with Crippen LogP contribution in [0, 0.1) is 11.3 Å². The van der Waals surface area contributed by atoms with Gasteiger partial charge in [0.05, 0.1) is 11.0 Å². The van der Waals surface area contributed by atoms with Crippen molar-refractivity contribution in [2.75, 3.05) is 0 Å². The van der Waals surface area contributed by atoms with Crippen LogP contribution >= 0.6 is 0 Å². The second-order valence-electron chi connectivity index (χ2n) is 8.81. The van der Waals surface area contributed by atoms with Crippen LogP contribution in [0.25, 0.3) is 0 Å². The number of para-hydroxylation sites is 1. The fourth-order valence-corrected chi connectivity index (χ4v) is 5.80. The molecule has 0 amide bonds. The number of Topliss-reactive ketones (excluding diaryl/α,β-unsaturated/α-hetero) is 2. The quantitative estimate of drug-likeness (QED) is 0.659. The Kier molecular flexibility index (Phi) is 3.67. The van der Waals surface area contributed by atoms with Crippen LogP contribution in [0.2, 0.25) is 0 Å². The lowest BCUT2D eigenvalue weighted by atomic mass is 9.49. The highest BCUT2D eigenvalue weighted by molar-refractivity contribution is 6.12. The molecule has 2 aliphatic carbocycles. The van der Waals surface area contributed by atoms with Gasteiger partial charge in [-0.3, -0.25) is 9.59 Å². The summed E-state index contributed by atoms with van der Waals surface area (Å²) in [5, 5.41) is 0. The Bertz CT molecular complexity index is 1030. The minimum atomic E-state index is -0.701. The molecule has 3 atom stereocenters. The summed E-state index contributed by atoms with van der Waals surface area (Å²) in [7, 11) is 0. The van der Waals surface area contributed by atoms with Crippen molar-refractivity contribution in [2.24, 2.45) is 11.3 Å². The number of ether oxygens (including phenoxy) is 1. The van der Waals surface area contributed by atoms with Gasteiger partial charge in [-0.25, -0.2) is 0 Å². The normalized spacial score (nSPS) is 32.5. The molecule has 0 radical (unpaired) electrons. The summed E-state index contributed by atoms with van der Waals surface area (Å²) in [6.45, 7) is 4.31. The van der Waals surface area contributed by atoms with E-state index < -0.39 is 5.41 Å². The van der Waals surface area contributed by atoms with Gasteiger partial charge in [-0.1, -0.05) is 43.3 Å². The van der Waals surface area contributed by atoms with E-state index in [0.29, 0.717) is 23.5 Å². The fraction of sp³-hybridized carbons (Fsp3) is 0.360. The van der Waals surface area contributed by atoms with E-state index in [-0.39, 0.29) is 22.9 Å². The van der Waals surface area contributed by atoms with Gasteiger partial charge in [-0.05, 0) is 66.9 Å². The van der Waals surface area contributed by atoms with Crippen molar-refractivity contribution in [3.8, 4) is 5.75 Å². The molecule has 3 heteroatoms. The van der Waals surface area contributed by atoms with Crippen molar-refractivity contribution in [2.45, 2.75) is 44.9 Å². The minimum Gasteiger partial charge on any atom is -0.453 e. The maximum Gasteiger partial charge on any atom is 0.231 e. The van der Waals surface area contributed by atoms with Crippen LogP contribution < -0.4 is 4.74 Å². The van der Waals surface area contributed by atoms with E-state index in [1.165, 1.54) is 11.1 Å². The molecule has 28 heavy (non-hydrogen) atoms. The summed E-state index contributed by atoms with van der Waals surface area (Å²) in [6, 6.07) is 15.9. The van der Waals surface area contributed by atoms with E-state index in [2.05, 4.69) is 31.2 Å². The minimum absolute atomic E-state index is 0.0664. The molecule has 142 valence electrons. The molecule has 2 aromatic rings. The predicted molar refractivity (Wildman–Crippen MR) is 107 cm³/mol. The Morgan fingerprint density at radius 3 is 2.57 bits per heavy atom. The summed E-state index contributed by atoms with van der Waals surface area (Å²) in [5.74, 6) is 1.15. The molecule has 0 bridgehead atoms. The number of ketones is 2. The van der Waals surface area contributed by atoms with Crippen molar-refractivity contribution in [1.29, 1.82) is 0 Å². The Balaban J connectivity index is 1.60. The molecule has 1 heterocycles. The zero-order chi connectivity index (χ0) is 19.5. The zero-order valence-electron chi connectivity index (χ0n) is 16.3. The lowest BCUT2D eigenvalue weighted by molar-refractivity contribution is -0.134. The topological polar surface area (TPSA) is 43.4 Å². The Labute approximate surface area is 165 Å². The lowest BCUT2D eigenvalue weighted by Gasteiger charge is -2.53.